The van der Waals surface area contributed by atoms with E-state index >= 15 is 0 Å². The lowest BCUT2D eigenvalue weighted by molar-refractivity contribution is -0.263. The molecule has 0 spiro atoms. The van der Waals surface area contributed by atoms with Crippen LogP contribution in [0.3, 0.4) is 0 Å². The maximum Gasteiger partial charge on any atom is 0.417 e. The molecule has 1 N–H and O–H groups in total. The average Bonchev–Trinajstić information content (AvgIpc) is 2.37. The second-order valence-electron chi connectivity index (χ2n) is 6.10. The van der Waals surface area contributed by atoms with E-state index in [1.165, 1.54) is 6.92 Å². The molecule has 21 heavy (non-hydrogen) atoms. The van der Waals surface area contributed by atoms with Crippen molar-refractivity contribution in [2.45, 2.75) is 70.3 Å². The summed E-state index contributed by atoms with van der Waals surface area (Å²) < 4.78 is 43.7. The summed E-state index contributed by atoms with van der Waals surface area (Å²) in [6, 6.07) is 0. The van der Waals surface area contributed by atoms with Crippen molar-refractivity contribution in [3.05, 3.63) is 12.2 Å². The van der Waals surface area contributed by atoms with E-state index in [-0.39, 0.29) is 11.5 Å². The summed E-state index contributed by atoms with van der Waals surface area (Å²) in [5, 5.41) is 9.66. The first-order valence-corrected chi connectivity index (χ1v) is 7.20. The fourth-order valence-electron chi connectivity index (χ4n) is 2.56. The summed E-state index contributed by atoms with van der Waals surface area (Å²) in [5.41, 5.74) is -2.73. The van der Waals surface area contributed by atoms with Crippen molar-refractivity contribution < 1.29 is 27.8 Å². The number of ether oxygens (including phenoxy) is 1. The van der Waals surface area contributed by atoms with Gasteiger partial charge in [-0.2, -0.15) is 13.2 Å². The molecule has 1 rings (SSSR count). The molecule has 1 aliphatic rings. The number of aliphatic hydroxyl groups is 1. The fraction of sp³-hybridized carbons (Fsp3) is 0.800. The standard InChI is InChI=1S/C15H23F3O3/c1-10(2)13(19)21-12(11-7-5-4-6-8-11)9-14(3,20)15(16,17)18/h11-12,20H,1,4-9H2,2-3H3. The summed E-state index contributed by atoms with van der Waals surface area (Å²) >= 11 is 0. The zero-order valence-corrected chi connectivity index (χ0v) is 12.5. The fourth-order valence-corrected chi connectivity index (χ4v) is 2.56. The van der Waals surface area contributed by atoms with Crippen molar-refractivity contribution in [3.8, 4) is 0 Å². The van der Waals surface area contributed by atoms with Gasteiger partial charge in [0.15, 0.2) is 5.60 Å². The van der Waals surface area contributed by atoms with Crippen molar-refractivity contribution in [2.75, 3.05) is 0 Å². The largest absolute Gasteiger partial charge is 0.459 e. The smallest absolute Gasteiger partial charge is 0.417 e. The molecule has 2 unspecified atom stereocenters. The normalized spacial score (nSPS) is 21.4. The number of carbonyl (C=O) groups is 1. The van der Waals surface area contributed by atoms with Crippen LogP contribution >= 0.6 is 0 Å². The Labute approximate surface area is 123 Å². The van der Waals surface area contributed by atoms with Gasteiger partial charge in [-0.05, 0) is 32.6 Å². The van der Waals surface area contributed by atoms with Crippen molar-refractivity contribution in [1.29, 1.82) is 0 Å². The minimum Gasteiger partial charge on any atom is -0.459 e. The molecule has 0 aromatic carbocycles. The summed E-state index contributed by atoms with van der Waals surface area (Å²) in [6.45, 7) is 5.61. The lowest BCUT2D eigenvalue weighted by Crippen LogP contribution is -2.47. The number of carbonyl (C=O) groups excluding carboxylic acids is 1. The Morgan fingerprint density at radius 1 is 1.33 bits per heavy atom. The quantitative estimate of drug-likeness (QED) is 0.621. The highest BCUT2D eigenvalue weighted by atomic mass is 19.4. The lowest BCUT2D eigenvalue weighted by atomic mass is 9.81. The van der Waals surface area contributed by atoms with Crippen molar-refractivity contribution in [3.63, 3.8) is 0 Å². The number of halogens is 3. The van der Waals surface area contributed by atoms with Gasteiger partial charge in [0.05, 0.1) is 0 Å². The SMILES string of the molecule is C=C(C)C(=O)OC(CC(C)(O)C(F)(F)F)C1CCCCC1. The van der Waals surface area contributed by atoms with Crippen LogP contribution in [0.25, 0.3) is 0 Å². The number of hydrogen-bond acceptors (Lipinski definition) is 3. The maximum absolute atomic E-state index is 12.8. The summed E-state index contributed by atoms with van der Waals surface area (Å²) in [6.07, 6.45) is -2.07. The van der Waals surface area contributed by atoms with Crippen LogP contribution in [-0.2, 0) is 9.53 Å². The van der Waals surface area contributed by atoms with E-state index in [4.69, 9.17) is 4.74 Å². The second-order valence-corrected chi connectivity index (χ2v) is 6.10. The minimum absolute atomic E-state index is 0.141. The van der Waals surface area contributed by atoms with Gasteiger partial charge in [0, 0.05) is 12.0 Å². The molecule has 0 bridgehead atoms. The van der Waals surface area contributed by atoms with E-state index in [0.29, 0.717) is 12.8 Å². The Morgan fingerprint density at radius 2 is 1.86 bits per heavy atom. The van der Waals surface area contributed by atoms with Crippen LogP contribution in [0.5, 0.6) is 0 Å². The third-order valence-corrected chi connectivity index (χ3v) is 3.99. The average molecular weight is 308 g/mol. The first-order chi connectivity index (χ1) is 9.54. The van der Waals surface area contributed by atoms with Crippen LogP contribution in [0.15, 0.2) is 12.2 Å². The van der Waals surface area contributed by atoms with Gasteiger partial charge in [0.2, 0.25) is 0 Å². The van der Waals surface area contributed by atoms with Gasteiger partial charge in [-0.25, -0.2) is 4.79 Å². The monoisotopic (exact) mass is 308 g/mol. The highest BCUT2D eigenvalue weighted by Gasteiger charge is 2.52. The highest BCUT2D eigenvalue weighted by Crippen LogP contribution is 2.38. The molecular weight excluding hydrogens is 285 g/mol. The Balaban J connectivity index is 2.85. The van der Waals surface area contributed by atoms with Crippen molar-refractivity contribution >= 4 is 5.97 Å². The van der Waals surface area contributed by atoms with E-state index in [9.17, 15) is 23.1 Å². The van der Waals surface area contributed by atoms with Crippen molar-refractivity contribution in [1.82, 2.24) is 0 Å². The van der Waals surface area contributed by atoms with Crippen molar-refractivity contribution in [2.24, 2.45) is 5.92 Å². The van der Waals surface area contributed by atoms with E-state index in [2.05, 4.69) is 6.58 Å². The molecule has 0 radical (unpaired) electrons. The molecule has 0 aliphatic heterocycles. The summed E-state index contributed by atoms with van der Waals surface area (Å²) in [5.74, 6) is -0.848. The molecule has 0 saturated heterocycles. The van der Waals surface area contributed by atoms with E-state index < -0.39 is 30.3 Å². The zero-order valence-electron chi connectivity index (χ0n) is 12.5. The minimum atomic E-state index is -4.75. The van der Waals surface area contributed by atoms with E-state index in [0.717, 1.165) is 26.2 Å². The Bertz CT molecular complexity index is 382. The van der Waals surface area contributed by atoms with Gasteiger partial charge >= 0.3 is 12.1 Å². The number of esters is 1. The Morgan fingerprint density at radius 3 is 2.29 bits per heavy atom. The molecule has 3 nitrogen and oxygen atoms in total. The second kappa shape index (κ2) is 6.81. The number of hydrogen-bond donors (Lipinski definition) is 1. The maximum atomic E-state index is 12.8. The Hall–Kier alpha value is -1.04. The number of rotatable bonds is 5. The van der Waals surface area contributed by atoms with Crippen LogP contribution in [0.1, 0.15) is 52.4 Å². The molecule has 0 aromatic rings. The molecule has 0 aromatic heterocycles. The van der Waals surface area contributed by atoms with Gasteiger partial charge in [-0.1, -0.05) is 25.8 Å². The molecule has 122 valence electrons. The molecule has 6 heteroatoms. The summed E-state index contributed by atoms with van der Waals surface area (Å²) in [7, 11) is 0. The van der Waals surface area contributed by atoms with Gasteiger partial charge < -0.3 is 9.84 Å². The van der Waals surface area contributed by atoms with E-state index in [1.54, 1.807) is 0 Å². The molecule has 0 heterocycles. The molecule has 1 saturated carbocycles. The van der Waals surface area contributed by atoms with Crippen LogP contribution in [0.4, 0.5) is 13.2 Å². The first-order valence-electron chi connectivity index (χ1n) is 7.20. The van der Waals surface area contributed by atoms with Crippen LogP contribution < -0.4 is 0 Å². The van der Waals surface area contributed by atoms with Gasteiger partial charge in [-0.3, -0.25) is 0 Å². The lowest BCUT2D eigenvalue weighted by Gasteiger charge is -2.35. The predicted octanol–water partition coefficient (Wildman–Crippen LogP) is 3.76. The molecule has 0 amide bonds. The number of alkyl halides is 3. The first kappa shape index (κ1) is 18.0. The van der Waals surface area contributed by atoms with Crippen LogP contribution in [0.2, 0.25) is 0 Å². The molecule has 1 aliphatic carbocycles. The topological polar surface area (TPSA) is 46.5 Å². The third kappa shape index (κ3) is 5.02. The third-order valence-electron chi connectivity index (χ3n) is 3.99. The van der Waals surface area contributed by atoms with Gasteiger partial charge in [-0.15, -0.1) is 0 Å². The summed E-state index contributed by atoms with van der Waals surface area (Å²) in [4.78, 5) is 11.6. The zero-order chi connectivity index (χ0) is 16.3. The predicted molar refractivity (Wildman–Crippen MR) is 72.6 cm³/mol. The van der Waals surface area contributed by atoms with E-state index in [1.807, 2.05) is 0 Å². The van der Waals surface area contributed by atoms with Gasteiger partial charge in [0.25, 0.3) is 0 Å². The molecular formula is C15H23F3O3. The van der Waals surface area contributed by atoms with Crippen LogP contribution in [-0.4, -0.2) is 29.0 Å². The Kier molecular flexibility index (Phi) is 5.84. The van der Waals surface area contributed by atoms with Gasteiger partial charge in [0.1, 0.15) is 6.10 Å². The highest BCUT2D eigenvalue weighted by molar-refractivity contribution is 5.87. The van der Waals surface area contributed by atoms with Crippen LogP contribution in [0, 0.1) is 5.92 Å². The molecule has 1 fully saturated rings. The molecule has 2 atom stereocenters.